The number of phenolic OH excluding ortho intramolecular Hbond substituents is 2. The van der Waals surface area contributed by atoms with Gasteiger partial charge in [-0.3, -0.25) is 12.2 Å². The van der Waals surface area contributed by atoms with Crippen molar-refractivity contribution in [1.29, 1.82) is 0 Å². The minimum atomic E-state index is 0. The molecule has 0 aliphatic heterocycles. The van der Waals surface area contributed by atoms with Gasteiger partial charge >= 0.3 is 26.2 Å². The number of rotatable bonds is 0. The molecule has 0 saturated heterocycles. The molecule has 0 heterocycles. The Morgan fingerprint density at radius 1 is 0.515 bits per heavy atom. The average molecular weight is 510 g/mol. The van der Waals surface area contributed by atoms with Crippen LogP contribution >= 0.6 is 0 Å². The molecule has 6 rings (SSSR count). The molecule has 0 fully saturated rings. The molecule has 2 aliphatic carbocycles. The van der Waals surface area contributed by atoms with E-state index in [1.807, 2.05) is 85.0 Å². The van der Waals surface area contributed by atoms with E-state index < -0.39 is 0 Å². The van der Waals surface area contributed by atoms with E-state index in [0.29, 0.717) is 11.5 Å². The summed E-state index contributed by atoms with van der Waals surface area (Å²) in [5.41, 5.74) is 0. The van der Waals surface area contributed by atoms with Crippen LogP contribution in [-0.4, -0.2) is 10.2 Å². The molecule has 2 aliphatic rings. The molecule has 0 radical (unpaired) electrons. The average Bonchev–Trinajstić information content (AvgIpc) is 3.59. The van der Waals surface area contributed by atoms with Crippen LogP contribution in [0.5, 0.6) is 11.5 Å². The third-order valence-corrected chi connectivity index (χ3v) is 4.64. The van der Waals surface area contributed by atoms with E-state index in [0.717, 1.165) is 34.4 Å². The smallest absolute Gasteiger partial charge is 0.508 e. The van der Waals surface area contributed by atoms with Crippen LogP contribution in [0.1, 0.15) is 12.8 Å². The summed E-state index contributed by atoms with van der Waals surface area (Å²) < 4.78 is 0. The summed E-state index contributed by atoms with van der Waals surface area (Å²) in [6.07, 6.45) is 20.0. The van der Waals surface area contributed by atoms with Gasteiger partial charge in [0.25, 0.3) is 0 Å². The van der Waals surface area contributed by atoms with E-state index >= 15 is 0 Å². The fourth-order valence-electron chi connectivity index (χ4n) is 3.03. The Balaban J connectivity index is 0.000000164. The van der Waals surface area contributed by atoms with Gasteiger partial charge in [-0.05, 0) is 45.8 Å². The Hall–Kier alpha value is -3.16. The number of benzene rings is 4. The summed E-state index contributed by atoms with van der Waals surface area (Å²) in [5.74, 6) is 0.646. The monoisotopic (exact) mass is 508 g/mol. The molecule has 0 amide bonds. The summed E-state index contributed by atoms with van der Waals surface area (Å²) >= 11 is 0. The first-order valence-electron chi connectivity index (χ1n) is 10.5. The first-order valence-corrected chi connectivity index (χ1v) is 10.5. The second-order valence-electron chi connectivity index (χ2n) is 7.07. The van der Waals surface area contributed by atoms with Crippen molar-refractivity contribution >= 4 is 21.5 Å². The molecule has 0 atom stereocenters. The van der Waals surface area contributed by atoms with Crippen LogP contribution in [0, 0.1) is 12.2 Å². The van der Waals surface area contributed by atoms with Gasteiger partial charge in [-0.25, -0.2) is 24.3 Å². The SMILES string of the molecule is Oc1ccc2ccccc2c1.Oc1ccc2ccccc2c1.[C-]1=CC=CC1.[C-]1=CC=CC1.[Zr+2]. The fourth-order valence-corrected chi connectivity index (χ4v) is 3.03. The van der Waals surface area contributed by atoms with E-state index in [9.17, 15) is 0 Å². The molecular formula is C30H26O2Zr. The van der Waals surface area contributed by atoms with E-state index in [-0.39, 0.29) is 26.2 Å². The maximum Gasteiger partial charge on any atom is 2.00 e. The number of fused-ring (bicyclic) bond motifs is 2. The molecule has 0 spiro atoms. The Morgan fingerprint density at radius 3 is 1.21 bits per heavy atom. The Kier molecular flexibility index (Phi) is 11.7. The van der Waals surface area contributed by atoms with Crippen LogP contribution in [0.15, 0.2) is 121 Å². The Labute approximate surface area is 215 Å². The standard InChI is InChI=1S/2C10H8O.2C5H5.Zr/c2*11-10-6-5-8-3-1-2-4-9(8)7-10;2*1-2-4-5-3-1;/h2*1-7,11H;2*1-3H,4H2;/q;;2*-1;+2. The number of allylic oxidation sites excluding steroid dienone is 8. The molecule has 0 aromatic heterocycles. The zero-order valence-electron chi connectivity index (χ0n) is 18.4. The second-order valence-corrected chi connectivity index (χ2v) is 7.07. The summed E-state index contributed by atoms with van der Waals surface area (Å²) in [5, 5.41) is 22.7. The van der Waals surface area contributed by atoms with Gasteiger partial charge in [0.15, 0.2) is 0 Å². The van der Waals surface area contributed by atoms with Crippen molar-refractivity contribution < 1.29 is 36.4 Å². The molecule has 162 valence electrons. The van der Waals surface area contributed by atoms with E-state index in [1.54, 1.807) is 24.3 Å². The van der Waals surface area contributed by atoms with Crippen LogP contribution in [0.3, 0.4) is 0 Å². The van der Waals surface area contributed by atoms with Crippen molar-refractivity contribution in [2.75, 3.05) is 0 Å². The van der Waals surface area contributed by atoms with Crippen LogP contribution < -0.4 is 0 Å². The van der Waals surface area contributed by atoms with E-state index in [4.69, 9.17) is 10.2 Å². The molecule has 4 aromatic carbocycles. The topological polar surface area (TPSA) is 40.5 Å². The molecule has 3 heteroatoms. The number of phenols is 2. The third kappa shape index (κ3) is 9.47. The summed E-state index contributed by atoms with van der Waals surface area (Å²) in [6, 6.07) is 26.6. The van der Waals surface area contributed by atoms with Gasteiger partial charge in [0.2, 0.25) is 0 Å². The largest absolute Gasteiger partial charge is 2.00 e. The Bertz CT molecular complexity index is 1130. The predicted octanol–water partition coefficient (Wildman–Crippen LogP) is 7.70. The van der Waals surface area contributed by atoms with Crippen molar-refractivity contribution in [3.05, 3.63) is 134 Å². The van der Waals surface area contributed by atoms with Crippen LogP contribution in [0.4, 0.5) is 0 Å². The zero-order valence-corrected chi connectivity index (χ0v) is 20.8. The quantitative estimate of drug-likeness (QED) is 0.238. The second kappa shape index (κ2) is 14.8. The fraction of sp³-hybridized carbons (Fsp3) is 0.0667. The summed E-state index contributed by atoms with van der Waals surface area (Å²) in [6.45, 7) is 0. The summed E-state index contributed by atoms with van der Waals surface area (Å²) in [4.78, 5) is 0. The predicted molar refractivity (Wildman–Crippen MR) is 134 cm³/mol. The van der Waals surface area contributed by atoms with Crippen molar-refractivity contribution in [2.45, 2.75) is 12.8 Å². The summed E-state index contributed by atoms with van der Waals surface area (Å²) in [7, 11) is 0. The van der Waals surface area contributed by atoms with Crippen LogP contribution in [-0.2, 0) is 26.2 Å². The minimum absolute atomic E-state index is 0. The van der Waals surface area contributed by atoms with Crippen LogP contribution in [0.2, 0.25) is 0 Å². The molecule has 0 bridgehead atoms. The molecule has 2 N–H and O–H groups in total. The van der Waals surface area contributed by atoms with E-state index in [1.165, 1.54) is 0 Å². The minimum Gasteiger partial charge on any atom is -0.508 e. The van der Waals surface area contributed by atoms with Gasteiger partial charge in [0, 0.05) is 0 Å². The van der Waals surface area contributed by atoms with Gasteiger partial charge in [-0.15, -0.1) is 12.8 Å². The van der Waals surface area contributed by atoms with Gasteiger partial charge < -0.3 is 10.2 Å². The van der Waals surface area contributed by atoms with Crippen molar-refractivity contribution in [3.8, 4) is 11.5 Å². The number of hydrogen-bond donors (Lipinski definition) is 2. The third-order valence-electron chi connectivity index (χ3n) is 4.64. The molecule has 2 nitrogen and oxygen atoms in total. The van der Waals surface area contributed by atoms with E-state index in [2.05, 4.69) is 24.3 Å². The molecule has 0 saturated carbocycles. The van der Waals surface area contributed by atoms with Gasteiger partial charge in [0.1, 0.15) is 11.5 Å². The van der Waals surface area contributed by atoms with Gasteiger partial charge in [-0.1, -0.05) is 60.7 Å². The molecule has 4 aromatic rings. The van der Waals surface area contributed by atoms with Gasteiger partial charge in [0.05, 0.1) is 0 Å². The van der Waals surface area contributed by atoms with Crippen molar-refractivity contribution in [3.63, 3.8) is 0 Å². The normalized spacial score (nSPS) is 12.1. The Morgan fingerprint density at radius 2 is 0.909 bits per heavy atom. The van der Waals surface area contributed by atoms with Crippen molar-refractivity contribution in [2.24, 2.45) is 0 Å². The van der Waals surface area contributed by atoms with Gasteiger partial charge in [-0.2, -0.15) is 12.2 Å². The molecule has 0 unspecified atom stereocenters. The zero-order chi connectivity index (χ0) is 22.4. The first-order chi connectivity index (χ1) is 15.7. The number of hydrogen-bond acceptors (Lipinski definition) is 2. The maximum atomic E-state index is 9.13. The first kappa shape index (κ1) is 26.1. The molecule has 33 heavy (non-hydrogen) atoms. The van der Waals surface area contributed by atoms with Crippen molar-refractivity contribution in [1.82, 2.24) is 0 Å². The molecular weight excluding hydrogens is 484 g/mol. The van der Waals surface area contributed by atoms with Crippen LogP contribution in [0.25, 0.3) is 21.5 Å². The maximum absolute atomic E-state index is 9.13. The number of aromatic hydroxyl groups is 2.